The van der Waals surface area contributed by atoms with E-state index in [0.29, 0.717) is 12.3 Å². The predicted molar refractivity (Wildman–Crippen MR) is 71.2 cm³/mol. The van der Waals surface area contributed by atoms with Gasteiger partial charge in [0.1, 0.15) is 5.78 Å². The Kier molecular flexibility index (Phi) is 3.43. The summed E-state index contributed by atoms with van der Waals surface area (Å²) in [6.07, 6.45) is 2.03. The van der Waals surface area contributed by atoms with Gasteiger partial charge in [-0.1, -0.05) is 24.3 Å². The van der Waals surface area contributed by atoms with Crippen molar-refractivity contribution in [3.63, 3.8) is 0 Å². The second-order valence-electron chi connectivity index (χ2n) is 5.40. The zero-order chi connectivity index (χ0) is 12.4. The lowest BCUT2D eigenvalue weighted by molar-refractivity contribution is -0.124. The van der Waals surface area contributed by atoms with Crippen LogP contribution in [0.4, 0.5) is 0 Å². The molecule has 0 aromatic heterocycles. The molecule has 2 heterocycles. The number of carbonyl (C=O) groups is 1. The lowest BCUT2D eigenvalue weighted by atomic mass is 9.93. The van der Waals surface area contributed by atoms with Crippen molar-refractivity contribution in [3.05, 3.63) is 35.4 Å². The molecule has 3 heteroatoms. The van der Waals surface area contributed by atoms with E-state index in [9.17, 15) is 4.79 Å². The first kappa shape index (κ1) is 11.9. The van der Waals surface area contributed by atoms with Crippen LogP contribution < -0.4 is 5.32 Å². The van der Waals surface area contributed by atoms with E-state index in [1.165, 1.54) is 11.1 Å². The van der Waals surface area contributed by atoms with Crippen LogP contribution in [0, 0.1) is 5.92 Å². The number of hydrogen-bond donors (Lipinski definition) is 1. The summed E-state index contributed by atoms with van der Waals surface area (Å²) in [5, 5.41) is 3.31. The van der Waals surface area contributed by atoms with Crippen LogP contribution in [0.25, 0.3) is 0 Å². The van der Waals surface area contributed by atoms with Gasteiger partial charge in [0.15, 0.2) is 0 Å². The molecule has 0 atom stereocenters. The van der Waals surface area contributed by atoms with Gasteiger partial charge in [0.2, 0.25) is 0 Å². The number of ketones is 1. The highest BCUT2D eigenvalue weighted by Crippen LogP contribution is 2.23. The smallest absolute Gasteiger partial charge is 0.150 e. The maximum Gasteiger partial charge on any atom is 0.150 e. The van der Waals surface area contributed by atoms with E-state index in [1.54, 1.807) is 0 Å². The SMILES string of the molecule is O=C(CN1Cc2ccccc2C1)C1CCNCC1. The molecular weight excluding hydrogens is 224 g/mol. The van der Waals surface area contributed by atoms with E-state index in [-0.39, 0.29) is 5.92 Å². The zero-order valence-electron chi connectivity index (χ0n) is 10.7. The van der Waals surface area contributed by atoms with E-state index in [2.05, 4.69) is 34.5 Å². The molecular formula is C15H20N2O. The first-order chi connectivity index (χ1) is 8.83. The number of hydrogen-bond acceptors (Lipinski definition) is 3. The lowest BCUT2D eigenvalue weighted by Gasteiger charge is -2.23. The standard InChI is InChI=1S/C15H20N2O/c18-15(12-5-7-16-8-6-12)11-17-9-13-3-1-2-4-14(13)10-17/h1-4,12,16H,5-11H2. The summed E-state index contributed by atoms with van der Waals surface area (Å²) in [5.74, 6) is 0.722. The fraction of sp³-hybridized carbons (Fsp3) is 0.533. The fourth-order valence-electron chi connectivity index (χ4n) is 3.01. The van der Waals surface area contributed by atoms with Crippen molar-refractivity contribution in [1.29, 1.82) is 0 Å². The van der Waals surface area contributed by atoms with Gasteiger partial charge in [-0.2, -0.15) is 0 Å². The number of benzene rings is 1. The van der Waals surface area contributed by atoms with Gasteiger partial charge in [-0.15, -0.1) is 0 Å². The molecule has 1 saturated heterocycles. The third-order valence-corrected chi connectivity index (χ3v) is 4.08. The highest BCUT2D eigenvalue weighted by Gasteiger charge is 2.25. The van der Waals surface area contributed by atoms with Gasteiger partial charge in [-0.25, -0.2) is 0 Å². The van der Waals surface area contributed by atoms with Gasteiger partial charge in [0.25, 0.3) is 0 Å². The molecule has 1 aromatic carbocycles. The molecule has 0 amide bonds. The van der Waals surface area contributed by atoms with E-state index in [4.69, 9.17) is 0 Å². The minimum absolute atomic E-state index is 0.287. The molecule has 0 aliphatic carbocycles. The summed E-state index contributed by atoms with van der Waals surface area (Å²) < 4.78 is 0. The van der Waals surface area contributed by atoms with Crippen molar-refractivity contribution in [3.8, 4) is 0 Å². The minimum Gasteiger partial charge on any atom is -0.317 e. The summed E-state index contributed by atoms with van der Waals surface area (Å²) in [5.41, 5.74) is 2.77. The van der Waals surface area contributed by atoms with Crippen molar-refractivity contribution < 1.29 is 4.79 Å². The maximum absolute atomic E-state index is 12.2. The van der Waals surface area contributed by atoms with Gasteiger partial charge in [0, 0.05) is 19.0 Å². The Bertz CT molecular complexity index is 413. The highest BCUT2D eigenvalue weighted by atomic mass is 16.1. The largest absolute Gasteiger partial charge is 0.317 e. The van der Waals surface area contributed by atoms with Crippen LogP contribution in [0.2, 0.25) is 0 Å². The van der Waals surface area contributed by atoms with Gasteiger partial charge < -0.3 is 5.32 Å². The minimum atomic E-state index is 0.287. The topological polar surface area (TPSA) is 32.3 Å². The zero-order valence-corrected chi connectivity index (χ0v) is 10.7. The summed E-state index contributed by atoms with van der Waals surface area (Å²) in [6.45, 7) is 4.49. The Labute approximate surface area is 108 Å². The van der Waals surface area contributed by atoms with Crippen LogP contribution in [-0.4, -0.2) is 30.3 Å². The monoisotopic (exact) mass is 244 g/mol. The van der Waals surface area contributed by atoms with Crippen molar-refractivity contribution in [2.24, 2.45) is 5.92 Å². The van der Waals surface area contributed by atoms with Crippen LogP contribution in [0.3, 0.4) is 0 Å². The molecule has 0 bridgehead atoms. The van der Waals surface area contributed by atoms with Gasteiger partial charge in [0.05, 0.1) is 6.54 Å². The summed E-state index contributed by atoms with van der Waals surface area (Å²) in [6, 6.07) is 8.50. The van der Waals surface area contributed by atoms with Gasteiger partial charge in [-0.3, -0.25) is 9.69 Å². The molecule has 1 aromatic rings. The first-order valence-corrected chi connectivity index (χ1v) is 6.85. The molecule has 0 saturated carbocycles. The molecule has 2 aliphatic heterocycles. The number of piperidine rings is 1. The van der Waals surface area contributed by atoms with E-state index >= 15 is 0 Å². The molecule has 1 fully saturated rings. The molecule has 96 valence electrons. The van der Waals surface area contributed by atoms with Crippen molar-refractivity contribution in [1.82, 2.24) is 10.2 Å². The van der Waals surface area contributed by atoms with Crippen LogP contribution >= 0.6 is 0 Å². The van der Waals surface area contributed by atoms with Crippen LogP contribution in [-0.2, 0) is 17.9 Å². The number of fused-ring (bicyclic) bond motifs is 1. The summed E-state index contributed by atoms with van der Waals surface area (Å²) in [7, 11) is 0. The predicted octanol–water partition coefficient (Wildman–Crippen LogP) is 1.57. The average Bonchev–Trinajstić information content (AvgIpc) is 2.82. The van der Waals surface area contributed by atoms with E-state index < -0.39 is 0 Å². The Balaban J connectivity index is 1.57. The number of carbonyl (C=O) groups excluding carboxylic acids is 1. The number of Topliss-reactive ketones (excluding diaryl/α,β-unsaturated/α-hetero) is 1. The normalized spacial score (nSPS) is 20.9. The van der Waals surface area contributed by atoms with Gasteiger partial charge >= 0.3 is 0 Å². The lowest BCUT2D eigenvalue weighted by Crippen LogP contribution is -2.36. The Morgan fingerprint density at radius 1 is 1.17 bits per heavy atom. The van der Waals surface area contributed by atoms with E-state index in [0.717, 1.165) is 39.0 Å². The van der Waals surface area contributed by atoms with Crippen molar-refractivity contribution in [2.75, 3.05) is 19.6 Å². The fourth-order valence-corrected chi connectivity index (χ4v) is 3.01. The molecule has 3 rings (SSSR count). The quantitative estimate of drug-likeness (QED) is 0.876. The maximum atomic E-state index is 12.2. The van der Waals surface area contributed by atoms with E-state index in [1.807, 2.05) is 0 Å². The van der Waals surface area contributed by atoms with Crippen LogP contribution in [0.15, 0.2) is 24.3 Å². The first-order valence-electron chi connectivity index (χ1n) is 6.85. The molecule has 0 unspecified atom stereocenters. The summed E-state index contributed by atoms with van der Waals surface area (Å²) >= 11 is 0. The number of rotatable bonds is 3. The highest BCUT2D eigenvalue weighted by molar-refractivity contribution is 5.83. The molecule has 18 heavy (non-hydrogen) atoms. The Morgan fingerprint density at radius 3 is 2.39 bits per heavy atom. The molecule has 0 spiro atoms. The Hall–Kier alpha value is -1.19. The Morgan fingerprint density at radius 2 is 1.78 bits per heavy atom. The molecule has 1 N–H and O–H groups in total. The third-order valence-electron chi connectivity index (χ3n) is 4.08. The second-order valence-corrected chi connectivity index (χ2v) is 5.40. The van der Waals surface area contributed by atoms with Crippen molar-refractivity contribution >= 4 is 5.78 Å². The summed E-state index contributed by atoms with van der Waals surface area (Å²) in [4.78, 5) is 14.5. The number of nitrogens with zero attached hydrogens (tertiary/aromatic N) is 1. The third kappa shape index (κ3) is 2.47. The molecule has 3 nitrogen and oxygen atoms in total. The van der Waals surface area contributed by atoms with Crippen LogP contribution in [0.5, 0.6) is 0 Å². The molecule has 0 radical (unpaired) electrons. The second kappa shape index (κ2) is 5.21. The van der Waals surface area contributed by atoms with Gasteiger partial charge in [-0.05, 0) is 37.1 Å². The average molecular weight is 244 g/mol. The number of nitrogens with one attached hydrogen (secondary N) is 1. The molecule has 2 aliphatic rings. The van der Waals surface area contributed by atoms with Crippen LogP contribution in [0.1, 0.15) is 24.0 Å². The van der Waals surface area contributed by atoms with Crippen molar-refractivity contribution in [2.45, 2.75) is 25.9 Å².